The van der Waals surface area contributed by atoms with Crippen LogP contribution in [0, 0.1) is 5.82 Å². The normalized spacial score (nSPS) is 11.0. The second-order valence-electron chi connectivity index (χ2n) is 5.61. The monoisotopic (exact) mass is 375 g/mol. The molecule has 0 aliphatic rings. The molecular weight excluding hydrogens is 349 g/mol. The maximum Gasteiger partial charge on any atom is 0.191 e. The average Bonchev–Trinajstić information content (AvgIpc) is 2.69. The molecule has 2 rings (SSSR count). The molecule has 0 heterocycles. The van der Waals surface area contributed by atoms with Crippen molar-refractivity contribution in [1.82, 2.24) is 10.6 Å². The molecule has 2 N–H and O–H groups in total. The van der Waals surface area contributed by atoms with Crippen LogP contribution in [0.25, 0.3) is 0 Å². The second-order valence-corrected chi connectivity index (χ2v) is 5.61. The van der Waals surface area contributed by atoms with Crippen LogP contribution in [0.4, 0.5) is 4.39 Å². The van der Waals surface area contributed by atoms with E-state index in [4.69, 9.17) is 14.2 Å². The minimum atomic E-state index is -0.316. The zero-order chi connectivity index (χ0) is 19.5. The largest absolute Gasteiger partial charge is 0.497 e. The van der Waals surface area contributed by atoms with Crippen molar-refractivity contribution in [3.8, 4) is 17.2 Å². The van der Waals surface area contributed by atoms with Crippen molar-refractivity contribution in [1.29, 1.82) is 0 Å². The van der Waals surface area contributed by atoms with E-state index in [2.05, 4.69) is 15.6 Å². The molecule has 27 heavy (non-hydrogen) atoms. The molecule has 0 saturated carbocycles. The van der Waals surface area contributed by atoms with Crippen LogP contribution >= 0.6 is 0 Å². The quantitative estimate of drug-likeness (QED) is 0.401. The minimum Gasteiger partial charge on any atom is -0.497 e. The van der Waals surface area contributed by atoms with Gasteiger partial charge in [0.25, 0.3) is 0 Å². The van der Waals surface area contributed by atoms with Gasteiger partial charge in [0.15, 0.2) is 5.96 Å². The lowest BCUT2D eigenvalue weighted by Gasteiger charge is -2.13. The van der Waals surface area contributed by atoms with E-state index in [0.717, 1.165) is 23.6 Å². The van der Waals surface area contributed by atoms with E-state index in [1.165, 1.54) is 12.1 Å². The highest BCUT2D eigenvalue weighted by Gasteiger charge is 2.05. The Balaban J connectivity index is 1.90. The van der Waals surface area contributed by atoms with E-state index in [-0.39, 0.29) is 5.82 Å². The molecule has 0 aliphatic carbocycles. The van der Waals surface area contributed by atoms with Crippen molar-refractivity contribution in [3.05, 3.63) is 53.8 Å². The van der Waals surface area contributed by atoms with Gasteiger partial charge in [0, 0.05) is 24.2 Å². The van der Waals surface area contributed by atoms with Crippen LogP contribution in [-0.2, 0) is 6.54 Å². The van der Waals surface area contributed by atoms with Gasteiger partial charge in [-0.05, 0) is 31.2 Å². The number of benzene rings is 2. The molecule has 0 saturated heterocycles. The van der Waals surface area contributed by atoms with E-state index < -0.39 is 0 Å². The third-order valence-electron chi connectivity index (χ3n) is 3.71. The first-order valence-corrected chi connectivity index (χ1v) is 8.77. The number of hydrogen-bond donors (Lipinski definition) is 2. The Morgan fingerprint density at radius 3 is 2.59 bits per heavy atom. The fourth-order valence-electron chi connectivity index (χ4n) is 2.38. The van der Waals surface area contributed by atoms with Crippen molar-refractivity contribution in [2.45, 2.75) is 13.5 Å². The first kappa shape index (κ1) is 20.4. The van der Waals surface area contributed by atoms with E-state index in [1.54, 1.807) is 26.4 Å². The smallest absolute Gasteiger partial charge is 0.191 e. The number of nitrogens with one attached hydrogen (secondary N) is 2. The number of rotatable bonds is 9. The van der Waals surface area contributed by atoms with Gasteiger partial charge in [-0.25, -0.2) is 9.38 Å². The summed E-state index contributed by atoms with van der Waals surface area (Å²) in [5, 5.41) is 6.37. The average molecular weight is 375 g/mol. The highest BCUT2D eigenvalue weighted by Crippen LogP contribution is 2.25. The van der Waals surface area contributed by atoms with Crippen molar-refractivity contribution >= 4 is 5.96 Å². The maximum atomic E-state index is 13.1. The van der Waals surface area contributed by atoms with Gasteiger partial charge in [-0.1, -0.05) is 6.07 Å². The standard InChI is InChI=1S/C20H26FN3O3/c1-4-22-20(23-10-11-27-18-7-5-6-16(21)12-18)24-14-15-8-9-17(25-2)13-19(15)26-3/h5-9,12-13H,4,10-11,14H2,1-3H3,(H2,22,23,24). The third-order valence-corrected chi connectivity index (χ3v) is 3.71. The molecule has 0 aliphatic heterocycles. The number of halogens is 1. The summed E-state index contributed by atoms with van der Waals surface area (Å²) in [6, 6.07) is 11.7. The molecule has 0 unspecified atom stereocenters. The van der Waals surface area contributed by atoms with E-state index in [9.17, 15) is 4.39 Å². The summed E-state index contributed by atoms with van der Waals surface area (Å²) < 4.78 is 29.3. The minimum absolute atomic E-state index is 0.316. The zero-order valence-corrected chi connectivity index (χ0v) is 15.9. The highest BCUT2D eigenvalue weighted by molar-refractivity contribution is 5.79. The van der Waals surface area contributed by atoms with Crippen molar-refractivity contribution < 1.29 is 18.6 Å². The fraction of sp³-hybridized carbons (Fsp3) is 0.350. The molecule has 0 spiro atoms. The molecule has 146 valence electrons. The number of methoxy groups -OCH3 is 2. The van der Waals surface area contributed by atoms with Crippen LogP contribution in [0.15, 0.2) is 47.5 Å². The molecule has 2 aromatic carbocycles. The van der Waals surface area contributed by atoms with Crippen LogP contribution < -0.4 is 24.8 Å². The molecule has 7 heteroatoms. The molecule has 0 atom stereocenters. The summed E-state index contributed by atoms with van der Waals surface area (Å²) >= 11 is 0. The van der Waals surface area contributed by atoms with Crippen LogP contribution in [-0.4, -0.2) is 39.9 Å². The van der Waals surface area contributed by atoms with Gasteiger partial charge in [0.1, 0.15) is 29.7 Å². The van der Waals surface area contributed by atoms with Gasteiger partial charge in [-0.15, -0.1) is 0 Å². The van der Waals surface area contributed by atoms with Gasteiger partial charge >= 0.3 is 0 Å². The molecule has 0 aromatic heterocycles. The van der Waals surface area contributed by atoms with Crippen LogP contribution in [0.3, 0.4) is 0 Å². The second kappa shape index (κ2) is 10.9. The van der Waals surface area contributed by atoms with E-state index >= 15 is 0 Å². The lowest BCUT2D eigenvalue weighted by Crippen LogP contribution is -2.39. The number of ether oxygens (including phenoxy) is 3. The Labute approximate surface area is 159 Å². The van der Waals surface area contributed by atoms with E-state index in [0.29, 0.717) is 31.4 Å². The van der Waals surface area contributed by atoms with Gasteiger partial charge in [0.2, 0.25) is 0 Å². The Morgan fingerprint density at radius 2 is 1.89 bits per heavy atom. The summed E-state index contributed by atoms with van der Waals surface area (Å²) in [4.78, 5) is 4.56. The molecule has 0 radical (unpaired) electrons. The summed E-state index contributed by atoms with van der Waals surface area (Å²) in [5.74, 6) is 2.31. The molecule has 0 amide bonds. The lowest BCUT2D eigenvalue weighted by molar-refractivity contribution is 0.320. The van der Waals surface area contributed by atoms with Gasteiger partial charge in [-0.3, -0.25) is 0 Å². The molecular formula is C20H26FN3O3. The lowest BCUT2D eigenvalue weighted by atomic mass is 10.2. The first-order valence-electron chi connectivity index (χ1n) is 8.77. The topological polar surface area (TPSA) is 64.1 Å². The summed E-state index contributed by atoms with van der Waals surface area (Å²) in [5.41, 5.74) is 0.950. The Bertz CT molecular complexity index is 753. The number of hydrogen-bond acceptors (Lipinski definition) is 4. The molecule has 0 fully saturated rings. The Hall–Kier alpha value is -2.96. The van der Waals surface area contributed by atoms with Crippen LogP contribution in [0.5, 0.6) is 17.2 Å². The highest BCUT2D eigenvalue weighted by atomic mass is 19.1. The Kier molecular flexibility index (Phi) is 8.22. The predicted molar refractivity (Wildman–Crippen MR) is 104 cm³/mol. The van der Waals surface area contributed by atoms with Gasteiger partial charge in [-0.2, -0.15) is 0 Å². The van der Waals surface area contributed by atoms with Crippen LogP contribution in [0.2, 0.25) is 0 Å². The SMILES string of the molecule is CCNC(=NCc1ccc(OC)cc1OC)NCCOc1cccc(F)c1. The van der Waals surface area contributed by atoms with Gasteiger partial charge < -0.3 is 24.8 Å². The number of nitrogens with zero attached hydrogens (tertiary/aromatic N) is 1. The third kappa shape index (κ3) is 6.69. The Morgan fingerprint density at radius 1 is 1.04 bits per heavy atom. The summed E-state index contributed by atoms with van der Waals surface area (Å²) in [7, 11) is 3.24. The van der Waals surface area contributed by atoms with E-state index in [1.807, 2.05) is 25.1 Å². The summed E-state index contributed by atoms with van der Waals surface area (Å²) in [6.45, 7) is 4.10. The molecule has 0 bridgehead atoms. The molecule has 6 nitrogen and oxygen atoms in total. The first-order chi connectivity index (χ1) is 13.2. The summed E-state index contributed by atoms with van der Waals surface area (Å²) in [6.07, 6.45) is 0. The van der Waals surface area contributed by atoms with Gasteiger partial charge in [0.05, 0.1) is 27.3 Å². The zero-order valence-electron chi connectivity index (χ0n) is 15.9. The number of guanidine groups is 1. The number of aliphatic imine (C=N–C) groups is 1. The van der Waals surface area contributed by atoms with Crippen molar-refractivity contribution in [3.63, 3.8) is 0 Å². The molecule has 2 aromatic rings. The predicted octanol–water partition coefficient (Wildman–Crippen LogP) is 2.98. The van der Waals surface area contributed by atoms with Crippen molar-refractivity contribution in [2.75, 3.05) is 33.9 Å². The van der Waals surface area contributed by atoms with Crippen molar-refractivity contribution in [2.24, 2.45) is 4.99 Å². The fourth-order valence-corrected chi connectivity index (χ4v) is 2.38. The van der Waals surface area contributed by atoms with Crippen LogP contribution in [0.1, 0.15) is 12.5 Å². The maximum absolute atomic E-state index is 13.1.